The van der Waals surface area contributed by atoms with E-state index in [9.17, 15) is 9.18 Å². The summed E-state index contributed by atoms with van der Waals surface area (Å²) in [7, 11) is 0. The van der Waals surface area contributed by atoms with Crippen LogP contribution in [0.5, 0.6) is 0 Å². The number of hydrogen-bond acceptors (Lipinski definition) is 4. The van der Waals surface area contributed by atoms with Crippen molar-refractivity contribution in [2.45, 2.75) is 26.8 Å². The molecule has 0 spiro atoms. The molecule has 0 atom stereocenters. The van der Waals surface area contributed by atoms with Gasteiger partial charge in [-0.15, -0.1) is 0 Å². The molecule has 3 aromatic rings. The first-order chi connectivity index (χ1) is 12.5. The molecule has 6 heteroatoms. The molecule has 0 aliphatic carbocycles. The molecule has 1 amide bonds. The van der Waals surface area contributed by atoms with E-state index in [1.165, 1.54) is 6.20 Å². The first kappa shape index (κ1) is 16.4. The van der Waals surface area contributed by atoms with E-state index in [4.69, 9.17) is 10.7 Å². The number of pyridine rings is 2. The number of anilines is 1. The van der Waals surface area contributed by atoms with Gasteiger partial charge in [0.05, 0.1) is 29.0 Å². The zero-order valence-corrected chi connectivity index (χ0v) is 14.7. The van der Waals surface area contributed by atoms with Crippen molar-refractivity contribution in [3.05, 3.63) is 53.2 Å². The lowest BCUT2D eigenvalue weighted by molar-refractivity contribution is 0.0779. The van der Waals surface area contributed by atoms with Crippen LogP contribution in [0.3, 0.4) is 0 Å². The standard InChI is InChI=1S/C20H19FN4O/c1-3-7-25-10-15-16(20(25)26)17(22)14-6-4-5-13(18(14)24-15)12-8-11(2)19(21)23-9-12/h4-6,8-9H,3,7,10H2,1-2H3,(H2,22,24). The summed E-state index contributed by atoms with van der Waals surface area (Å²) >= 11 is 0. The largest absolute Gasteiger partial charge is 0.397 e. The highest BCUT2D eigenvalue weighted by Crippen LogP contribution is 2.36. The van der Waals surface area contributed by atoms with E-state index in [1.54, 1.807) is 17.9 Å². The van der Waals surface area contributed by atoms with Crippen LogP contribution in [0.15, 0.2) is 30.5 Å². The van der Waals surface area contributed by atoms with Gasteiger partial charge < -0.3 is 10.6 Å². The van der Waals surface area contributed by atoms with Gasteiger partial charge in [-0.1, -0.05) is 25.1 Å². The lowest BCUT2D eigenvalue weighted by Gasteiger charge is -2.13. The third kappa shape index (κ3) is 2.41. The molecule has 3 heterocycles. The molecule has 1 aliphatic heterocycles. The van der Waals surface area contributed by atoms with Gasteiger partial charge in [-0.2, -0.15) is 4.39 Å². The maximum Gasteiger partial charge on any atom is 0.258 e. The first-order valence-electron chi connectivity index (χ1n) is 8.64. The van der Waals surface area contributed by atoms with Crippen molar-refractivity contribution in [1.82, 2.24) is 14.9 Å². The van der Waals surface area contributed by atoms with Crippen LogP contribution in [0.2, 0.25) is 0 Å². The average Bonchev–Trinajstić information content (AvgIpc) is 2.93. The van der Waals surface area contributed by atoms with Crippen LogP contribution in [-0.2, 0) is 6.54 Å². The zero-order valence-electron chi connectivity index (χ0n) is 14.7. The number of rotatable bonds is 3. The van der Waals surface area contributed by atoms with E-state index in [0.717, 1.165) is 22.9 Å². The fourth-order valence-corrected chi connectivity index (χ4v) is 3.51. The summed E-state index contributed by atoms with van der Waals surface area (Å²) < 4.78 is 13.5. The summed E-state index contributed by atoms with van der Waals surface area (Å²) in [6.07, 6.45) is 2.38. The van der Waals surface area contributed by atoms with Gasteiger partial charge in [-0.25, -0.2) is 9.97 Å². The second-order valence-electron chi connectivity index (χ2n) is 6.61. The van der Waals surface area contributed by atoms with Crippen molar-refractivity contribution in [2.24, 2.45) is 0 Å². The molecule has 1 aromatic carbocycles. The number of halogens is 1. The first-order valence-corrected chi connectivity index (χ1v) is 8.64. The Morgan fingerprint density at radius 2 is 2.15 bits per heavy atom. The normalized spacial score (nSPS) is 13.5. The Balaban J connectivity index is 1.94. The number of aromatic nitrogens is 2. The van der Waals surface area contributed by atoms with E-state index in [2.05, 4.69) is 4.98 Å². The number of carbonyl (C=O) groups excluding carboxylic acids is 1. The Morgan fingerprint density at radius 1 is 1.35 bits per heavy atom. The van der Waals surface area contributed by atoms with E-state index in [1.807, 2.05) is 25.1 Å². The van der Waals surface area contributed by atoms with Gasteiger partial charge in [0.15, 0.2) is 0 Å². The minimum absolute atomic E-state index is 0.0570. The Labute approximate surface area is 150 Å². The third-order valence-electron chi connectivity index (χ3n) is 4.79. The highest BCUT2D eigenvalue weighted by molar-refractivity contribution is 6.11. The van der Waals surface area contributed by atoms with Crippen LogP contribution < -0.4 is 5.73 Å². The smallest absolute Gasteiger partial charge is 0.258 e. The van der Waals surface area contributed by atoms with Crippen molar-refractivity contribution < 1.29 is 9.18 Å². The molecular formula is C20H19FN4O. The molecular weight excluding hydrogens is 331 g/mol. The number of nitrogens with zero attached hydrogens (tertiary/aromatic N) is 3. The Morgan fingerprint density at radius 3 is 2.88 bits per heavy atom. The molecule has 0 saturated carbocycles. The summed E-state index contributed by atoms with van der Waals surface area (Å²) in [6, 6.07) is 7.39. The van der Waals surface area contributed by atoms with Crippen LogP contribution >= 0.6 is 0 Å². The fraction of sp³-hybridized carbons (Fsp3) is 0.250. The van der Waals surface area contributed by atoms with E-state index < -0.39 is 5.95 Å². The van der Waals surface area contributed by atoms with Gasteiger partial charge in [-0.3, -0.25) is 4.79 Å². The fourth-order valence-electron chi connectivity index (χ4n) is 3.51. The molecule has 2 N–H and O–H groups in total. The molecule has 0 radical (unpaired) electrons. The molecule has 0 bridgehead atoms. The summed E-state index contributed by atoms with van der Waals surface area (Å²) in [6.45, 7) is 4.86. The second-order valence-corrected chi connectivity index (χ2v) is 6.61. The van der Waals surface area contributed by atoms with Gasteiger partial charge in [0.2, 0.25) is 5.95 Å². The number of nitrogen functional groups attached to an aromatic ring is 1. The molecule has 0 fully saturated rings. The lowest BCUT2D eigenvalue weighted by atomic mass is 9.99. The van der Waals surface area contributed by atoms with E-state index >= 15 is 0 Å². The van der Waals surface area contributed by atoms with Crippen LogP contribution in [0, 0.1) is 12.9 Å². The predicted molar refractivity (Wildman–Crippen MR) is 99.1 cm³/mol. The van der Waals surface area contributed by atoms with Gasteiger partial charge >= 0.3 is 0 Å². The number of amides is 1. The maximum absolute atomic E-state index is 13.5. The van der Waals surface area contributed by atoms with Crippen molar-refractivity contribution >= 4 is 22.5 Å². The summed E-state index contributed by atoms with van der Waals surface area (Å²) in [5.41, 5.74) is 10.8. The van der Waals surface area contributed by atoms with Crippen molar-refractivity contribution in [1.29, 1.82) is 0 Å². The number of aryl methyl sites for hydroxylation is 1. The Hall–Kier alpha value is -3.02. The predicted octanol–water partition coefficient (Wildman–Crippen LogP) is 3.69. The minimum Gasteiger partial charge on any atom is -0.397 e. The van der Waals surface area contributed by atoms with Crippen molar-refractivity contribution in [3.63, 3.8) is 0 Å². The second kappa shape index (κ2) is 6.05. The van der Waals surface area contributed by atoms with Gasteiger partial charge in [0.1, 0.15) is 0 Å². The maximum atomic E-state index is 13.5. The molecule has 4 rings (SSSR count). The number of fused-ring (bicyclic) bond motifs is 2. The monoisotopic (exact) mass is 350 g/mol. The summed E-state index contributed by atoms with van der Waals surface area (Å²) in [5.74, 6) is -0.540. The quantitative estimate of drug-likeness (QED) is 0.731. The molecule has 26 heavy (non-hydrogen) atoms. The Kier molecular flexibility index (Phi) is 3.83. The summed E-state index contributed by atoms with van der Waals surface area (Å²) in [4.78, 5) is 23.0. The van der Waals surface area contributed by atoms with Crippen LogP contribution in [0.25, 0.3) is 22.0 Å². The van der Waals surface area contributed by atoms with Crippen molar-refractivity contribution in [2.75, 3.05) is 12.3 Å². The molecule has 2 aromatic heterocycles. The topological polar surface area (TPSA) is 72.1 Å². The van der Waals surface area contributed by atoms with Crippen molar-refractivity contribution in [3.8, 4) is 11.1 Å². The highest BCUT2D eigenvalue weighted by atomic mass is 19.1. The number of nitrogens with two attached hydrogens (primary N) is 1. The molecule has 5 nitrogen and oxygen atoms in total. The van der Waals surface area contributed by atoms with Crippen LogP contribution in [0.4, 0.5) is 10.1 Å². The SMILES string of the molecule is CCCN1Cc2nc3c(-c4cnc(F)c(C)c4)cccc3c(N)c2C1=O. The van der Waals surface area contributed by atoms with Crippen LogP contribution in [0.1, 0.15) is 35.0 Å². The van der Waals surface area contributed by atoms with Gasteiger partial charge in [-0.05, 0) is 19.4 Å². The van der Waals surface area contributed by atoms with E-state index in [-0.39, 0.29) is 5.91 Å². The molecule has 132 valence electrons. The average molecular weight is 350 g/mol. The number of benzene rings is 1. The number of hydrogen-bond donors (Lipinski definition) is 1. The molecule has 0 saturated heterocycles. The van der Waals surface area contributed by atoms with E-state index in [0.29, 0.717) is 41.1 Å². The van der Waals surface area contributed by atoms with Gasteiger partial charge in [0.25, 0.3) is 5.91 Å². The molecule has 0 unspecified atom stereocenters. The minimum atomic E-state index is -0.483. The van der Waals surface area contributed by atoms with Gasteiger partial charge in [0, 0.05) is 34.8 Å². The Bertz CT molecular complexity index is 1050. The molecule has 1 aliphatic rings. The number of para-hydroxylation sites is 1. The van der Waals surface area contributed by atoms with Crippen LogP contribution in [-0.4, -0.2) is 27.3 Å². The summed E-state index contributed by atoms with van der Waals surface area (Å²) in [5, 5.41) is 0.731. The zero-order chi connectivity index (χ0) is 18.4. The number of carbonyl (C=O) groups is 1. The highest BCUT2D eigenvalue weighted by Gasteiger charge is 2.31. The third-order valence-corrected chi connectivity index (χ3v) is 4.79. The lowest BCUT2D eigenvalue weighted by Crippen LogP contribution is -2.24.